The Morgan fingerprint density at radius 1 is 1.18 bits per heavy atom. The first kappa shape index (κ1) is 14.7. The highest BCUT2D eigenvalue weighted by Gasteiger charge is 2.12. The smallest absolute Gasteiger partial charge is 0.277 e. The minimum absolute atomic E-state index is 0.471. The molecule has 0 aliphatic heterocycles. The summed E-state index contributed by atoms with van der Waals surface area (Å²) in [6.07, 6.45) is 6.38. The molecule has 0 spiro atoms. The number of aryl methyl sites for hydroxylation is 1. The number of hydrogen-bond donors (Lipinski definition) is 0. The first-order chi connectivity index (χ1) is 10.8. The lowest BCUT2D eigenvalue weighted by Crippen LogP contribution is -1.88. The SMILES string of the molecule is CCCCc1noc(CSc2nnc(-c3ccncc3)o2)n1. The summed E-state index contributed by atoms with van der Waals surface area (Å²) in [5.74, 6) is 2.30. The zero-order valence-electron chi connectivity index (χ0n) is 12.1. The Labute approximate surface area is 131 Å². The number of hydrogen-bond acceptors (Lipinski definition) is 8. The van der Waals surface area contributed by atoms with Crippen molar-refractivity contribution in [3.05, 3.63) is 36.2 Å². The maximum absolute atomic E-state index is 5.59. The van der Waals surface area contributed by atoms with E-state index in [4.69, 9.17) is 8.94 Å². The molecule has 0 N–H and O–H groups in total. The lowest BCUT2D eigenvalue weighted by Gasteiger charge is -1.92. The minimum Gasteiger partial charge on any atom is -0.411 e. The van der Waals surface area contributed by atoms with Crippen LogP contribution in [0.5, 0.6) is 0 Å². The fourth-order valence-corrected chi connectivity index (χ4v) is 2.39. The van der Waals surface area contributed by atoms with Gasteiger partial charge in [0.05, 0.1) is 5.75 Å². The Morgan fingerprint density at radius 3 is 2.86 bits per heavy atom. The summed E-state index contributed by atoms with van der Waals surface area (Å²) in [6, 6.07) is 3.64. The lowest BCUT2D eigenvalue weighted by molar-refractivity contribution is 0.383. The molecule has 0 saturated carbocycles. The minimum atomic E-state index is 0.471. The molecule has 3 rings (SSSR count). The third-order valence-electron chi connectivity index (χ3n) is 2.92. The first-order valence-corrected chi connectivity index (χ1v) is 8.02. The molecule has 8 heteroatoms. The molecular weight excluding hydrogens is 302 g/mol. The Kier molecular flexibility index (Phi) is 4.79. The molecule has 0 atom stereocenters. The highest BCUT2D eigenvalue weighted by molar-refractivity contribution is 7.98. The molecule has 0 saturated heterocycles. The molecule has 3 heterocycles. The average molecular weight is 317 g/mol. The third-order valence-corrected chi connectivity index (χ3v) is 3.72. The second kappa shape index (κ2) is 7.17. The first-order valence-electron chi connectivity index (χ1n) is 7.03. The van der Waals surface area contributed by atoms with E-state index in [0.29, 0.717) is 22.8 Å². The van der Waals surface area contributed by atoms with Crippen molar-refractivity contribution in [3.63, 3.8) is 0 Å². The van der Waals surface area contributed by atoms with Crippen molar-refractivity contribution in [1.82, 2.24) is 25.3 Å². The van der Waals surface area contributed by atoms with E-state index in [-0.39, 0.29) is 0 Å². The zero-order chi connectivity index (χ0) is 15.2. The second-order valence-electron chi connectivity index (χ2n) is 4.61. The van der Waals surface area contributed by atoms with Crippen molar-refractivity contribution >= 4 is 11.8 Å². The van der Waals surface area contributed by atoms with Crippen LogP contribution in [0.3, 0.4) is 0 Å². The van der Waals surface area contributed by atoms with Crippen molar-refractivity contribution in [2.24, 2.45) is 0 Å². The van der Waals surface area contributed by atoms with Crippen LogP contribution < -0.4 is 0 Å². The van der Waals surface area contributed by atoms with E-state index in [1.807, 2.05) is 12.1 Å². The lowest BCUT2D eigenvalue weighted by atomic mass is 10.2. The molecule has 0 aromatic carbocycles. The molecule has 114 valence electrons. The van der Waals surface area contributed by atoms with Crippen LogP contribution in [0.4, 0.5) is 0 Å². The Balaban J connectivity index is 1.58. The quantitative estimate of drug-likeness (QED) is 0.614. The van der Waals surface area contributed by atoms with Gasteiger partial charge in [0.25, 0.3) is 5.22 Å². The highest BCUT2D eigenvalue weighted by atomic mass is 32.2. The predicted octanol–water partition coefficient (Wildman–Crippen LogP) is 3.15. The zero-order valence-corrected chi connectivity index (χ0v) is 12.9. The number of nitrogens with zero attached hydrogens (tertiary/aromatic N) is 5. The largest absolute Gasteiger partial charge is 0.411 e. The van der Waals surface area contributed by atoms with Crippen LogP contribution in [0.1, 0.15) is 31.5 Å². The molecule has 7 nitrogen and oxygen atoms in total. The number of rotatable bonds is 7. The average Bonchev–Trinajstić information content (AvgIpc) is 3.21. The van der Waals surface area contributed by atoms with Gasteiger partial charge in [-0.15, -0.1) is 10.2 Å². The van der Waals surface area contributed by atoms with Crippen LogP contribution in [-0.4, -0.2) is 25.3 Å². The van der Waals surface area contributed by atoms with Gasteiger partial charge in [0.15, 0.2) is 5.82 Å². The van der Waals surface area contributed by atoms with E-state index in [2.05, 4.69) is 32.2 Å². The molecular formula is C14H15N5O2S. The fourth-order valence-electron chi connectivity index (χ4n) is 1.79. The van der Waals surface area contributed by atoms with Gasteiger partial charge < -0.3 is 8.94 Å². The van der Waals surface area contributed by atoms with Gasteiger partial charge in [0.1, 0.15) is 0 Å². The van der Waals surface area contributed by atoms with E-state index in [1.54, 1.807) is 12.4 Å². The Bertz CT molecular complexity index is 713. The predicted molar refractivity (Wildman–Crippen MR) is 80.0 cm³/mol. The van der Waals surface area contributed by atoms with Crippen LogP contribution in [-0.2, 0) is 12.2 Å². The van der Waals surface area contributed by atoms with E-state index in [0.717, 1.165) is 30.7 Å². The molecule has 0 radical (unpaired) electrons. The molecule has 0 bridgehead atoms. The van der Waals surface area contributed by atoms with Gasteiger partial charge in [-0.05, 0) is 18.6 Å². The molecule has 0 aliphatic rings. The van der Waals surface area contributed by atoms with Gasteiger partial charge in [-0.1, -0.05) is 30.3 Å². The van der Waals surface area contributed by atoms with Crippen LogP contribution in [0.15, 0.2) is 38.7 Å². The van der Waals surface area contributed by atoms with Crippen LogP contribution in [0.25, 0.3) is 11.5 Å². The molecule has 0 fully saturated rings. The molecule has 3 aromatic rings. The Morgan fingerprint density at radius 2 is 2.05 bits per heavy atom. The van der Waals surface area contributed by atoms with Crippen LogP contribution in [0.2, 0.25) is 0 Å². The fraction of sp³-hybridized carbons (Fsp3) is 0.357. The summed E-state index contributed by atoms with van der Waals surface area (Å²) < 4.78 is 10.8. The van der Waals surface area contributed by atoms with Crippen LogP contribution in [0, 0.1) is 0 Å². The maximum Gasteiger partial charge on any atom is 0.277 e. The van der Waals surface area contributed by atoms with E-state index in [9.17, 15) is 0 Å². The van der Waals surface area contributed by atoms with Crippen molar-refractivity contribution in [3.8, 4) is 11.5 Å². The molecule has 0 amide bonds. The summed E-state index contributed by atoms with van der Waals surface area (Å²) in [7, 11) is 0. The summed E-state index contributed by atoms with van der Waals surface area (Å²) in [5.41, 5.74) is 0.842. The van der Waals surface area contributed by atoms with Gasteiger partial charge in [0, 0.05) is 24.4 Å². The van der Waals surface area contributed by atoms with Crippen molar-refractivity contribution in [2.45, 2.75) is 37.2 Å². The molecule has 0 aliphatic carbocycles. The third kappa shape index (κ3) is 3.70. The monoisotopic (exact) mass is 317 g/mol. The van der Waals surface area contributed by atoms with Crippen molar-refractivity contribution in [2.75, 3.05) is 0 Å². The topological polar surface area (TPSA) is 90.7 Å². The van der Waals surface area contributed by atoms with Gasteiger partial charge in [-0.25, -0.2) is 0 Å². The van der Waals surface area contributed by atoms with Gasteiger partial charge in [0.2, 0.25) is 11.8 Å². The van der Waals surface area contributed by atoms with E-state index in [1.165, 1.54) is 11.8 Å². The standard InChI is InChI=1S/C14H15N5O2S/c1-2-3-4-11-16-12(21-19-11)9-22-14-18-17-13(20-14)10-5-7-15-8-6-10/h5-8H,2-4,9H2,1H3. The summed E-state index contributed by atoms with van der Waals surface area (Å²) in [4.78, 5) is 8.29. The Hall–Kier alpha value is -2.22. The van der Waals surface area contributed by atoms with Gasteiger partial charge in [-0.2, -0.15) is 4.98 Å². The van der Waals surface area contributed by atoms with E-state index >= 15 is 0 Å². The summed E-state index contributed by atoms with van der Waals surface area (Å²) in [5, 5.41) is 12.4. The van der Waals surface area contributed by atoms with Gasteiger partial charge in [-0.3, -0.25) is 4.98 Å². The molecule has 22 heavy (non-hydrogen) atoms. The molecule has 0 unspecified atom stereocenters. The highest BCUT2D eigenvalue weighted by Crippen LogP contribution is 2.24. The maximum atomic E-state index is 5.59. The summed E-state index contributed by atoms with van der Waals surface area (Å²) in [6.45, 7) is 2.13. The number of pyridine rings is 1. The van der Waals surface area contributed by atoms with Crippen molar-refractivity contribution in [1.29, 1.82) is 0 Å². The van der Waals surface area contributed by atoms with Crippen LogP contribution >= 0.6 is 11.8 Å². The van der Waals surface area contributed by atoms with Gasteiger partial charge >= 0.3 is 0 Å². The van der Waals surface area contributed by atoms with Crippen molar-refractivity contribution < 1.29 is 8.94 Å². The summed E-state index contributed by atoms with van der Waals surface area (Å²) >= 11 is 1.37. The number of thioether (sulfide) groups is 1. The number of unbranched alkanes of at least 4 members (excludes halogenated alkanes) is 1. The van der Waals surface area contributed by atoms with E-state index < -0.39 is 0 Å². The number of aromatic nitrogens is 5. The second-order valence-corrected chi connectivity index (χ2v) is 5.53. The normalized spacial score (nSPS) is 11.0. The molecule has 3 aromatic heterocycles.